The van der Waals surface area contributed by atoms with Gasteiger partial charge in [-0.05, 0) is 43.0 Å². The Kier molecular flexibility index (Phi) is 7.72. The second kappa shape index (κ2) is 10.7. The Labute approximate surface area is 180 Å². The van der Waals surface area contributed by atoms with E-state index in [9.17, 15) is 18.8 Å². The first kappa shape index (κ1) is 22.4. The summed E-state index contributed by atoms with van der Waals surface area (Å²) in [6.07, 6.45) is 1.24. The third-order valence-electron chi connectivity index (χ3n) is 5.13. The molecule has 8 heteroatoms. The average Bonchev–Trinajstić information content (AvgIpc) is 2.76. The maximum Gasteiger partial charge on any atom is 0.254 e. The van der Waals surface area contributed by atoms with Gasteiger partial charge in [0.05, 0.1) is 18.2 Å². The van der Waals surface area contributed by atoms with Crippen molar-refractivity contribution in [3.05, 3.63) is 71.0 Å². The molecular formula is C23H27FN4O3. The number of halogens is 1. The number of rotatable bonds is 1. The first-order chi connectivity index (χ1) is 14.9. The average molecular weight is 426 g/mol. The molecule has 3 rings (SSSR count). The van der Waals surface area contributed by atoms with Gasteiger partial charge in [-0.1, -0.05) is 36.4 Å². The maximum absolute atomic E-state index is 14.2. The lowest BCUT2D eigenvalue weighted by atomic mass is 10.0. The minimum atomic E-state index is -0.874. The van der Waals surface area contributed by atoms with Crippen LogP contribution in [0.3, 0.4) is 0 Å². The van der Waals surface area contributed by atoms with E-state index in [4.69, 9.17) is 0 Å². The number of carbonyl (C=O) groups is 3. The summed E-state index contributed by atoms with van der Waals surface area (Å²) < 4.78 is 14.2. The van der Waals surface area contributed by atoms with Gasteiger partial charge >= 0.3 is 0 Å². The summed E-state index contributed by atoms with van der Waals surface area (Å²) >= 11 is 0. The Hall–Kier alpha value is -3.26. The number of nitrogens with one attached hydrogen (secondary N) is 4. The van der Waals surface area contributed by atoms with E-state index in [1.54, 1.807) is 13.0 Å². The molecule has 0 saturated carbocycles. The molecule has 1 aliphatic heterocycles. The Balaban J connectivity index is 1.82. The van der Waals surface area contributed by atoms with Gasteiger partial charge in [-0.25, -0.2) is 4.39 Å². The lowest BCUT2D eigenvalue weighted by Gasteiger charge is -2.22. The molecular weight excluding hydrogens is 399 g/mol. The van der Waals surface area contributed by atoms with E-state index in [1.165, 1.54) is 12.1 Å². The molecule has 0 aliphatic carbocycles. The fraction of sp³-hybridized carbons (Fsp3) is 0.348. The van der Waals surface area contributed by atoms with Gasteiger partial charge in [-0.15, -0.1) is 0 Å². The fourth-order valence-corrected chi connectivity index (χ4v) is 3.39. The quantitative estimate of drug-likeness (QED) is 0.555. The summed E-state index contributed by atoms with van der Waals surface area (Å²) in [5.41, 5.74) is 1.54. The van der Waals surface area contributed by atoms with Crippen molar-refractivity contribution in [2.24, 2.45) is 0 Å². The van der Waals surface area contributed by atoms with E-state index in [2.05, 4.69) is 21.3 Å². The number of benzene rings is 2. The molecule has 0 radical (unpaired) electrons. The van der Waals surface area contributed by atoms with Crippen LogP contribution in [-0.2, 0) is 16.0 Å². The predicted octanol–water partition coefficient (Wildman–Crippen LogP) is 1.45. The van der Waals surface area contributed by atoms with Crippen molar-refractivity contribution in [3.8, 4) is 0 Å². The van der Waals surface area contributed by atoms with Crippen LogP contribution in [0.4, 0.5) is 4.39 Å². The second-order valence-corrected chi connectivity index (χ2v) is 7.57. The molecule has 2 atom stereocenters. The van der Waals surface area contributed by atoms with Crippen LogP contribution in [0.5, 0.6) is 0 Å². The molecule has 0 unspecified atom stereocenters. The van der Waals surface area contributed by atoms with Gasteiger partial charge in [0.15, 0.2) is 0 Å². The van der Waals surface area contributed by atoms with E-state index in [0.29, 0.717) is 25.9 Å². The van der Waals surface area contributed by atoms with Crippen molar-refractivity contribution >= 4 is 17.7 Å². The summed E-state index contributed by atoms with van der Waals surface area (Å²) in [5, 5.41) is 11.4. The number of fused-ring (bicyclic) bond motifs is 2. The first-order valence-corrected chi connectivity index (χ1v) is 10.4. The number of hydrogen-bond donors (Lipinski definition) is 4. The molecule has 31 heavy (non-hydrogen) atoms. The molecule has 3 amide bonds. The van der Waals surface area contributed by atoms with Crippen LogP contribution in [-0.4, -0.2) is 43.4 Å². The van der Waals surface area contributed by atoms with Crippen molar-refractivity contribution in [1.29, 1.82) is 0 Å². The highest BCUT2D eigenvalue weighted by Crippen LogP contribution is 2.14. The largest absolute Gasteiger partial charge is 0.355 e. The van der Waals surface area contributed by atoms with Crippen LogP contribution in [0.25, 0.3) is 0 Å². The van der Waals surface area contributed by atoms with Crippen molar-refractivity contribution in [3.63, 3.8) is 0 Å². The summed E-state index contributed by atoms with van der Waals surface area (Å²) in [5.74, 6) is -1.85. The lowest BCUT2D eigenvalue weighted by Crippen LogP contribution is -2.48. The molecule has 2 bridgehead atoms. The number of hydrogen-bond acceptors (Lipinski definition) is 4. The van der Waals surface area contributed by atoms with Gasteiger partial charge in [-0.3, -0.25) is 14.4 Å². The first-order valence-electron chi connectivity index (χ1n) is 10.4. The van der Waals surface area contributed by atoms with Gasteiger partial charge in [0.25, 0.3) is 5.91 Å². The Morgan fingerprint density at radius 1 is 1.00 bits per heavy atom. The summed E-state index contributed by atoms with van der Waals surface area (Å²) in [6, 6.07) is 12.4. The second-order valence-electron chi connectivity index (χ2n) is 7.57. The zero-order chi connectivity index (χ0) is 22.2. The fourth-order valence-electron chi connectivity index (χ4n) is 3.39. The van der Waals surface area contributed by atoms with Crippen LogP contribution >= 0.6 is 0 Å². The molecule has 0 spiro atoms. The van der Waals surface area contributed by atoms with Crippen LogP contribution in [0.15, 0.2) is 48.5 Å². The standard InChI is InChI=1S/C23H27FN4O3/c1-15-22(30)28-20(17-7-3-2-4-8-17)13-25-14-21(29)26-11-5-6-16-9-10-19(24)18(12-16)23(31)27-15/h2-4,7-10,12,15,20,25H,5-6,11,13-14H2,1H3,(H,26,29)(H,27,31)(H,28,30)/t15-,20-/m1/s1. The highest BCUT2D eigenvalue weighted by Gasteiger charge is 2.22. The molecule has 1 aliphatic rings. The van der Waals surface area contributed by atoms with Crippen molar-refractivity contribution in [1.82, 2.24) is 21.3 Å². The lowest BCUT2D eigenvalue weighted by molar-refractivity contribution is -0.123. The van der Waals surface area contributed by atoms with Crippen molar-refractivity contribution in [2.45, 2.75) is 31.8 Å². The van der Waals surface area contributed by atoms with Gasteiger partial charge in [0.2, 0.25) is 11.8 Å². The third kappa shape index (κ3) is 6.36. The van der Waals surface area contributed by atoms with Crippen molar-refractivity contribution in [2.75, 3.05) is 19.6 Å². The molecule has 4 N–H and O–H groups in total. The molecule has 0 fully saturated rings. The number of carbonyl (C=O) groups excluding carboxylic acids is 3. The van der Waals surface area contributed by atoms with Gasteiger partial charge < -0.3 is 21.3 Å². The van der Waals surface area contributed by atoms with Crippen LogP contribution < -0.4 is 21.3 Å². The van der Waals surface area contributed by atoms with Crippen molar-refractivity contribution < 1.29 is 18.8 Å². The topological polar surface area (TPSA) is 99.3 Å². The molecule has 0 aromatic heterocycles. The van der Waals surface area contributed by atoms with Crippen LogP contribution in [0, 0.1) is 5.82 Å². The molecule has 2 aromatic rings. The zero-order valence-electron chi connectivity index (χ0n) is 17.4. The van der Waals surface area contributed by atoms with Crippen LogP contribution in [0.2, 0.25) is 0 Å². The highest BCUT2D eigenvalue weighted by molar-refractivity contribution is 5.97. The Morgan fingerprint density at radius 2 is 1.77 bits per heavy atom. The van der Waals surface area contributed by atoms with Gasteiger partial charge in [0.1, 0.15) is 11.9 Å². The summed E-state index contributed by atoms with van der Waals surface area (Å²) in [6.45, 7) is 2.47. The maximum atomic E-state index is 14.2. The molecule has 2 aromatic carbocycles. The van der Waals surface area contributed by atoms with E-state index in [1.807, 2.05) is 30.3 Å². The van der Waals surface area contributed by atoms with E-state index < -0.39 is 29.7 Å². The highest BCUT2D eigenvalue weighted by atomic mass is 19.1. The van der Waals surface area contributed by atoms with E-state index in [0.717, 1.165) is 11.1 Å². The van der Waals surface area contributed by atoms with E-state index in [-0.39, 0.29) is 18.0 Å². The Morgan fingerprint density at radius 3 is 2.55 bits per heavy atom. The van der Waals surface area contributed by atoms with E-state index >= 15 is 0 Å². The summed E-state index contributed by atoms with van der Waals surface area (Å²) in [4.78, 5) is 37.4. The molecule has 7 nitrogen and oxygen atoms in total. The summed E-state index contributed by atoms with van der Waals surface area (Å²) in [7, 11) is 0. The van der Waals surface area contributed by atoms with Gasteiger partial charge in [-0.2, -0.15) is 0 Å². The van der Waals surface area contributed by atoms with Crippen LogP contribution in [0.1, 0.15) is 40.9 Å². The number of aryl methyl sites for hydroxylation is 1. The molecule has 1 heterocycles. The third-order valence-corrected chi connectivity index (χ3v) is 5.13. The SMILES string of the molecule is C[C@H]1NC(=O)c2cc(ccc2F)CCCNC(=O)CNC[C@H](c2ccccc2)NC1=O. The number of amides is 3. The minimum absolute atomic E-state index is 0.105. The predicted molar refractivity (Wildman–Crippen MR) is 115 cm³/mol. The van der Waals surface area contributed by atoms with Gasteiger partial charge in [0, 0.05) is 13.1 Å². The smallest absolute Gasteiger partial charge is 0.254 e. The molecule has 164 valence electrons. The molecule has 0 saturated heterocycles. The minimum Gasteiger partial charge on any atom is -0.355 e. The monoisotopic (exact) mass is 426 g/mol. The zero-order valence-corrected chi connectivity index (χ0v) is 17.4. The Bertz CT molecular complexity index is 936. The normalized spacial score (nSPS) is 21.4.